The number of benzene rings is 1. The standard InChI is InChI=1S/C19H14ClF2N5O4/c20-13-6-23-16(30-8-10(29)7-28)4-11(13)17-12-5-24-19(25-18(12)27-26-17)31-15-2-1-9(21)3-14(15)22/h1-6,10,28-29H,7-8H2,(H,24,25,26,27). The number of nitrogens with one attached hydrogen (secondary N) is 1. The molecule has 31 heavy (non-hydrogen) atoms. The van der Waals surface area contributed by atoms with Gasteiger partial charge in [-0.1, -0.05) is 11.6 Å². The molecule has 3 heterocycles. The van der Waals surface area contributed by atoms with Gasteiger partial charge in [-0.2, -0.15) is 10.1 Å². The Morgan fingerprint density at radius 1 is 1.16 bits per heavy atom. The number of aliphatic hydroxyl groups is 2. The second kappa shape index (κ2) is 8.76. The molecule has 160 valence electrons. The lowest BCUT2D eigenvalue weighted by molar-refractivity contribution is 0.0521. The van der Waals surface area contributed by atoms with Crippen LogP contribution in [-0.4, -0.2) is 54.7 Å². The van der Waals surface area contributed by atoms with Gasteiger partial charge in [0.2, 0.25) is 5.88 Å². The molecule has 4 rings (SSSR count). The number of aromatic nitrogens is 5. The normalized spacial score (nSPS) is 12.2. The van der Waals surface area contributed by atoms with E-state index in [4.69, 9.17) is 26.2 Å². The van der Waals surface area contributed by atoms with Gasteiger partial charge in [0.1, 0.15) is 24.2 Å². The van der Waals surface area contributed by atoms with Crippen LogP contribution in [0.2, 0.25) is 5.02 Å². The van der Waals surface area contributed by atoms with Crippen LogP contribution in [0.25, 0.3) is 22.3 Å². The minimum atomic E-state index is -1.05. The van der Waals surface area contributed by atoms with Crippen molar-refractivity contribution in [1.29, 1.82) is 0 Å². The van der Waals surface area contributed by atoms with Crippen LogP contribution in [-0.2, 0) is 0 Å². The van der Waals surface area contributed by atoms with Gasteiger partial charge in [-0.3, -0.25) is 5.10 Å². The Morgan fingerprint density at radius 2 is 2.00 bits per heavy atom. The molecule has 0 fully saturated rings. The first-order chi connectivity index (χ1) is 14.9. The van der Waals surface area contributed by atoms with E-state index in [-0.39, 0.29) is 34.9 Å². The number of aliphatic hydroxyl groups excluding tert-OH is 2. The summed E-state index contributed by atoms with van der Waals surface area (Å²) in [6.45, 7) is -0.607. The fourth-order valence-electron chi connectivity index (χ4n) is 2.62. The van der Waals surface area contributed by atoms with Gasteiger partial charge in [0.05, 0.1) is 23.2 Å². The molecule has 1 aromatic carbocycles. The number of pyridine rings is 1. The minimum Gasteiger partial charge on any atom is -0.475 e. The van der Waals surface area contributed by atoms with Crippen molar-refractivity contribution in [3.05, 3.63) is 53.3 Å². The number of halogens is 3. The zero-order valence-electron chi connectivity index (χ0n) is 15.6. The Labute approximate surface area is 178 Å². The van der Waals surface area contributed by atoms with Crippen molar-refractivity contribution < 1.29 is 28.5 Å². The maximum Gasteiger partial charge on any atom is 0.324 e. The first-order valence-corrected chi connectivity index (χ1v) is 9.24. The van der Waals surface area contributed by atoms with Crippen molar-refractivity contribution in [3.8, 4) is 28.9 Å². The van der Waals surface area contributed by atoms with E-state index < -0.39 is 24.3 Å². The van der Waals surface area contributed by atoms with Gasteiger partial charge in [0.15, 0.2) is 17.2 Å². The lowest BCUT2D eigenvalue weighted by atomic mass is 10.1. The van der Waals surface area contributed by atoms with Crippen LogP contribution in [0.4, 0.5) is 8.78 Å². The van der Waals surface area contributed by atoms with E-state index in [0.717, 1.165) is 12.1 Å². The smallest absolute Gasteiger partial charge is 0.324 e. The Balaban J connectivity index is 1.62. The number of nitrogens with zero attached hydrogens (tertiary/aromatic N) is 4. The largest absolute Gasteiger partial charge is 0.475 e. The molecule has 4 aromatic rings. The monoisotopic (exact) mass is 449 g/mol. The zero-order chi connectivity index (χ0) is 22.0. The van der Waals surface area contributed by atoms with Crippen LogP contribution in [0, 0.1) is 11.6 Å². The van der Waals surface area contributed by atoms with Gasteiger partial charge in [-0.05, 0) is 12.1 Å². The lowest BCUT2D eigenvalue weighted by Crippen LogP contribution is -2.21. The zero-order valence-corrected chi connectivity index (χ0v) is 16.3. The van der Waals surface area contributed by atoms with Gasteiger partial charge in [0, 0.05) is 23.9 Å². The third kappa shape index (κ3) is 4.53. The average Bonchev–Trinajstić information content (AvgIpc) is 3.18. The molecular formula is C19H14ClF2N5O4. The highest BCUT2D eigenvalue weighted by atomic mass is 35.5. The fraction of sp³-hybridized carbons (Fsp3) is 0.158. The summed E-state index contributed by atoms with van der Waals surface area (Å²) >= 11 is 6.25. The Morgan fingerprint density at radius 3 is 2.77 bits per heavy atom. The molecule has 12 heteroatoms. The Bertz CT molecular complexity index is 1240. The van der Waals surface area contributed by atoms with Gasteiger partial charge >= 0.3 is 6.01 Å². The molecule has 3 N–H and O–H groups in total. The van der Waals surface area contributed by atoms with Gasteiger partial charge in [-0.15, -0.1) is 0 Å². The molecule has 0 spiro atoms. The van der Waals surface area contributed by atoms with E-state index in [1.807, 2.05) is 0 Å². The van der Waals surface area contributed by atoms with Crippen LogP contribution in [0.5, 0.6) is 17.6 Å². The van der Waals surface area contributed by atoms with E-state index in [2.05, 4.69) is 25.1 Å². The second-order valence-electron chi connectivity index (χ2n) is 6.31. The van der Waals surface area contributed by atoms with E-state index >= 15 is 0 Å². The molecule has 3 aromatic heterocycles. The van der Waals surface area contributed by atoms with Gasteiger partial charge in [-0.25, -0.2) is 18.7 Å². The molecule has 0 bridgehead atoms. The van der Waals surface area contributed by atoms with Crippen LogP contribution in [0.3, 0.4) is 0 Å². The van der Waals surface area contributed by atoms with Crippen molar-refractivity contribution in [2.45, 2.75) is 6.10 Å². The summed E-state index contributed by atoms with van der Waals surface area (Å²) in [4.78, 5) is 12.2. The van der Waals surface area contributed by atoms with Crippen molar-refractivity contribution >= 4 is 22.6 Å². The summed E-state index contributed by atoms with van der Waals surface area (Å²) in [6.07, 6.45) is 1.71. The summed E-state index contributed by atoms with van der Waals surface area (Å²) < 4.78 is 37.4. The molecule has 9 nitrogen and oxygen atoms in total. The maximum absolute atomic E-state index is 13.8. The number of aromatic amines is 1. The third-order valence-electron chi connectivity index (χ3n) is 4.11. The fourth-order valence-corrected chi connectivity index (χ4v) is 2.81. The van der Waals surface area contributed by atoms with Gasteiger partial charge < -0.3 is 19.7 Å². The van der Waals surface area contributed by atoms with Crippen molar-refractivity contribution in [1.82, 2.24) is 25.1 Å². The molecular weight excluding hydrogens is 436 g/mol. The summed E-state index contributed by atoms with van der Waals surface area (Å²) in [5, 5.41) is 26.0. The number of ether oxygens (including phenoxy) is 2. The van der Waals surface area contributed by atoms with E-state index in [1.165, 1.54) is 18.5 Å². The quantitative estimate of drug-likeness (QED) is 0.393. The molecule has 0 amide bonds. The van der Waals surface area contributed by atoms with Crippen LogP contribution >= 0.6 is 11.6 Å². The second-order valence-corrected chi connectivity index (χ2v) is 6.72. The van der Waals surface area contributed by atoms with Crippen molar-refractivity contribution in [2.24, 2.45) is 0 Å². The SMILES string of the molecule is OCC(O)COc1cc(-c2n[nH]c3nc(Oc4ccc(F)cc4F)ncc23)c(Cl)cn1. The number of hydrogen-bond acceptors (Lipinski definition) is 8. The molecule has 1 atom stereocenters. The number of H-pyrrole nitrogens is 1. The topological polar surface area (TPSA) is 126 Å². The lowest BCUT2D eigenvalue weighted by Gasteiger charge is -2.10. The maximum atomic E-state index is 13.8. The average molecular weight is 450 g/mol. The first-order valence-electron chi connectivity index (χ1n) is 8.86. The van der Waals surface area contributed by atoms with Crippen LogP contribution in [0.1, 0.15) is 0 Å². The highest BCUT2D eigenvalue weighted by molar-refractivity contribution is 6.33. The summed E-state index contributed by atoms with van der Waals surface area (Å²) in [5.74, 6) is -1.69. The molecule has 0 aliphatic carbocycles. The first kappa shape index (κ1) is 20.8. The number of hydrogen-bond donors (Lipinski definition) is 3. The van der Waals surface area contributed by atoms with Crippen molar-refractivity contribution in [2.75, 3.05) is 13.2 Å². The minimum absolute atomic E-state index is 0.157. The van der Waals surface area contributed by atoms with E-state index in [0.29, 0.717) is 22.7 Å². The summed E-state index contributed by atoms with van der Waals surface area (Å²) in [7, 11) is 0. The van der Waals surface area contributed by atoms with Crippen LogP contribution in [0.15, 0.2) is 36.7 Å². The highest BCUT2D eigenvalue weighted by Gasteiger charge is 2.17. The van der Waals surface area contributed by atoms with Gasteiger partial charge in [0.25, 0.3) is 0 Å². The van der Waals surface area contributed by atoms with E-state index in [1.54, 1.807) is 0 Å². The Hall–Kier alpha value is -3.41. The predicted octanol–water partition coefficient (Wildman–Crippen LogP) is 2.87. The third-order valence-corrected chi connectivity index (χ3v) is 4.41. The Kier molecular flexibility index (Phi) is 5.89. The number of rotatable bonds is 7. The molecule has 0 saturated carbocycles. The number of fused-ring (bicyclic) bond motifs is 1. The molecule has 0 aliphatic heterocycles. The predicted molar refractivity (Wildman–Crippen MR) is 105 cm³/mol. The highest BCUT2D eigenvalue weighted by Crippen LogP contribution is 2.33. The molecule has 1 unspecified atom stereocenters. The summed E-state index contributed by atoms with van der Waals surface area (Å²) in [6, 6.07) is 4.21. The molecule has 0 radical (unpaired) electrons. The summed E-state index contributed by atoms with van der Waals surface area (Å²) in [5.41, 5.74) is 1.14. The van der Waals surface area contributed by atoms with E-state index in [9.17, 15) is 13.9 Å². The molecule has 0 saturated heterocycles. The molecule has 0 aliphatic rings. The van der Waals surface area contributed by atoms with Crippen LogP contribution < -0.4 is 9.47 Å². The van der Waals surface area contributed by atoms with Crippen molar-refractivity contribution in [3.63, 3.8) is 0 Å².